The molecular formula is C16H25NO3. The number of methoxy groups -OCH3 is 2. The highest BCUT2D eigenvalue weighted by Gasteiger charge is 2.29. The molecule has 1 aliphatic rings. The van der Waals surface area contributed by atoms with Crippen LogP contribution in [0.2, 0.25) is 0 Å². The first kappa shape index (κ1) is 15.1. The summed E-state index contributed by atoms with van der Waals surface area (Å²) in [6.07, 6.45) is 5.22. The predicted octanol–water partition coefficient (Wildman–Crippen LogP) is 2.64. The van der Waals surface area contributed by atoms with Gasteiger partial charge in [0.1, 0.15) is 0 Å². The average Bonchev–Trinajstić information content (AvgIpc) is 2.53. The molecule has 0 radical (unpaired) electrons. The molecular weight excluding hydrogens is 254 g/mol. The SMILES string of the molecule is COc1cccc([C@@H](N)[C@@H](O)C2CCCCC2)c1OC. The molecule has 0 saturated heterocycles. The first-order valence-corrected chi connectivity index (χ1v) is 7.33. The van der Waals surface area contributed by atoms with E-state index in [-0.39, 0.29) is 5.92 Å². The molecule has 2 rings (SSSR count). The lowest BCUT2D eigenvalue weighted by Crippen LogP contribution is -2.34. The fourth-order valence-electron chi connectivity index (χ4n) is 3.13. The van der Waals surface area contributed by atoms with E-state index in [1.54, 1.807) is 14.2 Å². The van der Waals surface area contributed by atoms with Gasteiger partial charge in [0.15, 0.2) is 11.5 Å². The Morgan fingerprint density at radius 2 is 1.85 bits per heavy atom. The molecule has 0 aliphatic heterocycles. The number of benzene rings is 1. The maximum Gasteiger partial charge on any atom is 0.165 e. The van der Waals surface area contributed by atoms with Gasteiger partial charge in [0.25, 0.3) is 0 Å². The highest BCUT2D eigenvalue weighted by Crippen LogP contribution is 2.38. The summed E-state index contributed by atoms with van der Waals surface area (Å²) < 4.78 is 10.7. The van der Waals surface area contributed by atoms with Gasteiger partial charge in [-0.1, -0.05) is 31.4 Å². The van der Waals surface area contributed by atoms with Gasteiger partial charge in [-0.05, 0) is 24.8 Å². The predicted molar refractivity (Wildman–Crippen MR) is 79.1 cm³/mol. The number of aliphatic hydroxyl groups excluding tert-OH is 1. The van der Waals surface area contributed by atoms with Gasteiger partial charge in [-0.15, -0.1) is 0 Å². The summed E-state index contributed by atoms with van der Waals surface area (Å²) in [6.45, 7) is 0. The molecule has 0 aromatic heterocycles. The van der Waals surface area contributed by atoms with Crippen LogP contribution in [0.25, 0.3) is 0 Å². The largest absolute Gasteiger partial charge is 0.493 e. The van der Waals surface area contributed by atoms with Crippen LogP contribution in [0.3, 0.4) is 0 Å². The van der Waals surface area contributed by atoms with Gasteiger partial charge in [0.05, 0.1) is 26.4 Å². The first-order chi connectivity index (χ1) is 9.69. The molecule has 1 aromatic carbocycles. The summed E-state index contributed by atoms with van der Waals surface area (Å²) in [7, 11) is 3.20. The molecule has 112 valence electrons. The van der Waals surface area contributed by atoms with Crippen molar-refractivity contribution in [1.29, 1.82) is 0 Å². The Labute approximate surface area is 120 Å². The molecule has 1 aromatic rings. The van der Waals surface area contributed by atoms with Gasteiger partial charge in [-0.2, -0.15) is 0 Å². The lowest BCUT2D eigenvalue weighted by molar-refractivity contribution is 0.0610. The normalized spacial score (nSPS) is 19.4. The summed E-state index contributed by atoms with van der Waals surface area (Å²) in [4.78, 5) is 0. The van der Waals surface area contributed by atoms with Crippen molar-refractivity contribution in [2.24, 2.45) is 11.7 Å². The van der Waals surface area contributed by atoms with Crippen molar-refractivity contribution in [2.75, 3.05) is 14.2 Å². The smallest absolute Gasteiger partial charge is 0.165 e. The molecule has 1 aliphatic carbocycles. The molecule has 20 heavy (non-hydrogen) atoms. The third kappa shape index (κ3) is 3.07. The zero-order chi connectivity index (χ0) is 14.5. The Bertz CT molecular complexity index is 430. The van der Waals surface area contributed by atoms with Crippen LogP contribution in [0.5, 0.6) is 11.5 Å². The van der Waals surface area contributed by atoms with E-state index in [0.29, 0.717) is 11.5 Å². The monoisotopic (exact) mass is 279 g/mol. The van der Waals surface area contributed by atoms with Crippen LogP contribution in [0, 0.1) is 5.92 Å². The topological polar surface area (TPSA) is 64.7 Å². The Kier molecular flexibility index (Phi) is 5.26. The third-order valence-electron chi connectivity index (χ3n) is 4.29. The Hall–Kier alpha value is -1.26. The van der Waals surface area contributed by atoms with Crippen molar-refractivity contribution >= 4 is 0 Å². The summed E-state index contributed by atoms with van der Waals surface area (Å²) in [6, 6.07) is 5.17. The quantitative estimate of drug-likeness (QED) is 0.869. The van der Waals surface area contributed by atoms with Gasteiger partial charge < -0.3 is 20.3 Å². The molecule has 1 saturated carbocycles. The van der Waals surface area contributed by atoms with Crippen LogP contribution >= 0.6 is 0 Å². The van der Waals surface area contributed by atoms with Crippen LogP contribution in [0.1, 0.15) is 43.7 Å². The molecule has 0 amide bonds. The lowest BCUT2D eigenvalue weighted by Gasteiger charge is -2.31. The van der Waals surface area contributed by atoms with Gasteiger partial charge >= 0.3 is 0 Å². The zero-order valence-corrected chi connectivity index (χ0v) is 12.3. The number of ether oxygens (including phenoxy) is 2. The molecule has 0 bridgehead atoms. The number of rotatable bonds is 5. The molecule has 4 heteroatoms. The number of nitrogens with two attached hydrogens (primary N) is 1. The highest BCUT2D eigenvalue weighted by molar-refractivity contribution is 5.48. The van der Waals surface area contributed by atoms with Crippen molar-refractivity contribution in [3.63, 3.8) is 0 Å². The molecule has 4 nitrogen and oxygen atoms in total. The minimum absolute atomic E-state index is 0.287. The second-order valence-electron chi connectivity index (χ2n) is 5.50. The average molecular weight is 279 g/mol. The van der Waals surface area contributed by atoms with E-state index in [1.165, 1.54) is 19.3 Å². The van der Waals surface area contributed by atoms with Gasteiger partial charge in [-0.25, -0.2) is 0 Å². The van der Waals surface area contributed by atoms with Crippen molar-refractivity contribution in [1.82, 2.24) is 0 Å². The Morgan fingerprint density at radius 3 is 2.45 bits per heavy atom. The summed E-state index contributed by atoms with van der Waals surface area (Å²) >= 11 is 0. The van der Waals surface area contributed by atoms with Crippen LogP contribution in [-0.4, -0.2) is 25.4 Å². The Morgan fingerprint density at radius 1 is 1.15 bits per heavy atom. The standard InChI is InChI=1S/C16H25NO3/c1-19-13-10-6-9-12(16(13)20-2)14(17)15(18)11-7-4-3-5-8-11/h6,9-11,14-15,18H,3-5,7-8,17H2,1-2H3/t14-,15+/m1/s1. The van der Waals surface area contributed by atoms with Crippen molar-refractivity contribution in [3.8, 4) is 11.5 Å². The lowest BCUT2D eigenvalue weighted by atomic mass is 9.81. The van der Waals surface area contributed by atoms with Gasteiger partial charge in [0.2, 0.25) is 0 Å². The van der Waals surface area contributed by atoms with E-state index >= 15 is 0 Å². The van der Waals surface area contributed by atoms with E-state index in [0.717, 1.165) is 18.4 Å². The van der Waals surface area contributed by atoms with E-state index in [2.05, 4.69) is 0 Å². The molecule has 0 heterocycles. The van der Waals surface area contributed by atoms with Crippen LogP contribution in [-0.2, 0) is 0 Å². The number of para-hydroxylation sites is 1. The Balaban J connectivity index is 2.21. The molecule has 0 unspecified atom stereocenters. The van der Waals surface area contributed by atoms with E-state index < -0.39 is 12.1 Å². The maximum absolute atomic E-state index is 10.6. The fourth-order valence-corrected chi connectivity index (χ4v) is 3.13. The molecule has 1 fully saturated rings. The number of hydrogen-bond donors (Lipinski definition) is 2. The highest BCUT2D eigenvalue weighted by atomic mass is 16.5. The summed E-state index contributed by atoms with van der Waals surface area (Å²) in [5, 5.41) is 10.6. The second kappa shape index (κ2) is 6.95. The van der Waals surface area contributed by atoms with Crippen molar-refractivity contribution in [2.45, 2.75) is 44.2 Å². The zero-order valence-electron chi connectivity index (χ0n) is 12.3. The minimum atomic E-state index is -0.531. The van der Waals surface area contributed by atoms with E-state index in [9.17, 15) is 5.11 Å². The molecule has 0 spiro atoms. The van der Waals surface area contributed by atoms with Crippen LogP contribution in [0.15, 0.2) is 18.2 Å². The molecule has 2 atom stereocenters. The van der Waals surface area contributed by atoms with Gasteiger partial charge in [0, 0.05) is 5.56 Å². The van der Waals surface area contributed by atoms with Crippen LogP contribution in [0.4, 0.5) is 0 Å². The third-order valence-corrected chi connectivity index (χ3v) is 4.29. The van der Waals surface area contributed by atoms with Gasteiger partial charge in [-0.3, -0.25) is 0 Å². The first-order valence-electron chi connectivity index (χ1n) is 7.33. The van der Waals surface area contributed by atoms with Crippen molar-refractivity contribution < 1.29 is 14.6 Å². The summed E-state index contributed by atoms with van der Waals surface area (Å²) in [5.41, 5.74) is 7.09. The molecule has 3 N–H and O–H groups in total. The maximum atomic E-state index is 10.6. The minimum Gasteiger partial charge on any atom is -0.493 e. The fraction of sp³-hybridized carbons (Fsp3) is 0.625. The van der Waals surface area contributed by atoms with Crippen LogP contribution < -0.4 is 15.2 Å². The van der Waals surface area contributed by atoms with E-state index in [1.807, 2.05) is 18.2 Å². The summed E-state index contributed by atoms with van der Waals surface area (Å²) in [5.74, 6) is 1.56. The second-order valence-corrected chi connectivity index (χ2v) is 5.50. The van der Waals surface area contributed by atoms with E-state index in [4.69, 9.17) is 15.2 Å². The van der Waals surface area contributed by atoms with Crippen molar-refractivity contribution in [3.05, 3.63) is 23.8 Å². The number of hydrogen-bond acceptors (Lipinski definition) is 4. The number of aliphatic hydroxyl groups is 1.